The van der Waals surface area contributed by atoms with Crippen molar-refractivity contribution in [1.29, 1.82) is 5.41 Å². The molecule has 86 valence electrons. The average Bonchev–Trinajstić information content (AvgIpc) is 2.11. The van der Waals surface area contributed by atoms with E-state index in [1.807, 2.05) is 31.2 Å². The Morgan fingerprint density at radius 1 is 1.53 bits per heavy atom. The van der Waals surface area contributed by atoms with Crippen LogP contribution in [-0.4, -0.2) is 12.5 Å². The molecular formula is C9H14BrCl2N3. The topological polar surface area (TPSA) is 61.9 Å². The summed E-state index contributed by atoms with van der Waals surface area (Å²) in [7, 11) is 0. The lowest BCUT2D eigenvalue weighted by Crippen LogP contribution is -2.29. The summed E-state index contributed by atoms with van der Waals surface area (Å²) in [6.07, 6.45) is 0. The molecule has 15 heavy (non-hydrogen) atoms. The molecule has 1 rings (SSSR count). The Morgan fingerprint density at radius 3 is 2.27 bits per heavy atom. The van der Waals surface area contributed by atoms with Gasteiger partial charge in [-0.1, -0.05) is 23.7 Å². The van der Waals surface area contributed by atoms with Crippen LogP contribution in [0.25, 0.3) is 0 Å². The molecule has 1 aromatic rings. The third kappa shape index (κ3) is 9.85. The van der Waals surface area contributed by atoms with Gasteiger partial charge in [0.2, 0.25) is 0 Å². The minimum Gasteiger partial charge on any atom is -0.370 e. The number of nitrogens with one attached hydrogen (secondary N) is 2. The fourth-order valence-electron chi connectivity index (χ4n) is 0.630. The van der Waals surface area contributed by atoms with Crippen LogP contribution in [0.5, 0.6) is 0 Å². The molecule has 6 heteroatoms. The van der Waals surface area contributed by atoms with E-state index >= 15 is 0 Å². The Bertz CT molecular complexity index is 273. The van der Waals surface area contributed by atoms with Gasteiger partial charge in [-0.2, -0.15) is 0 Å². The molecule has 0 heterocycles. The van der Waals surface area contributed by atoms with Crippen LogP contribution in [-0.2, 0) is 0 Å². The largest absolute Gasteiger partial charge is 0.370 e. The molecule has 0 saturated carbocycles. The van der Waals surface area contributed by atoms with E-state index in [1.54, 1.807) is 0 Å². The summed E-state index contributed by atoms with van der Waals surface area (Å²) in [5.74, 6) is 0.0394. The minimum atomic E-state index is 0. The number of guanidine groups is 1. The first kappa shape index (κ1) is 17.0. The second-order valence-electron chi connectivity index (χ2n) is 2.36. The van der Waals surface area contributed by atoms with E-state index in [0.717, 1.165) is 16.0 Å². The van der Waals surface area contributed by atoms with E-state index in [1.165, 1.54) is 0 Å². The van der Waals surface area contributed by atoms with E-state index < -0.39 is 0 Å². The molecule has 3 nitrogen and oxygen atoms in total. The van der Waals surface area contributed by atoms with Crippen LogP contribution in [0, 0.1) is 5.41 Å². The fourth-order valence-corrected chi connectivity index (χ4v) is 1.05. The molecule has 0 aliphatic rings. The fraction of sp³-hybridized carbons (Fsp3) is 0.222. The normalized spacial score (nSPS) is 7.93. The van der Waals surface area contributed by atoms with Crippen molar-refractivity contribution in [2.45, 2.75) is 6.92 Å². The van der Waals surface area contributed by atoms with Crippen molar-refractivity contribution in [2.75, 3.05) is 6.54 Å². The molecule has 0 atom stereocenters. The number of nitrogens with two attached hydrogens (primary N) is 1. The summed E-state index contributed by atoms with van der Waals surface area (Å²) in [6, 6.07) is 7.57. The van der Waals surface area contributed by atoms with Gasteiger partial charge in [-0.25, -0.2) is 0 Å². The van der Waals surface area contributed by atoms with Gasteiger partial charge >= 0.3 is 0 Å². The summed E-state index contributed by atoms with van der Waals surface area (Å²) in [6.45, 7) is 2.62. The van der Waals surface area contributed by atoms with E-state index in [0.29, 0.717) is 0 Å². The Labute approximate surface area is 109 Å². The maximum absolute atomic E-state index is 6.56. The van der Waals surface area contributed by atoms with Crippen LogP contribution in [0.1, 0.15) is 6.92 Å². The van der Waals surface area contributed by atoms with Gasteiger partial charge in [0.25, 0.3) is 0 Å². The second-order valence-corrected chi connectivity index (χ2v) is 3.62. The van der Waals surface area contributed by atoms with Gasteiger partial charge in [-0.3, -0.25) is 5.41 Å². The van der Waals surface area contributed by atoms with Crippen LogP contribution in [0.3, 0.4) is 0 Å². The molecule has 0 saturated heterocycles. The van der Waals surface area contributed by atoms with Crippen molar-refractivity contribution in [2.24, 2.45) is 5.73 Å². The highest BCUT2D eigenvalue weighted by atomic mass is 79.9. The lowest BCUT2D eigenvalue weighted by atomic mass is 10.4. The standard InChI is InChI=1S/C6H4BrCl.C3H9N3.ClH/c7-5-3-1-2-4-6(5)8;1-2-6-3(4)5;/h1-4H;2H2,1H3,(H4,4,5,6);1H. The predicted octanol–water partition coefficient (Wildman–Crippen LogP) is 3.01. The number of hydrogen-bond donors (Lipinski definition) is 3. The Hall–Kier alpha value is -0.450. The number of halogens is 3. The molecule has 0 spiro atoms. The first-order chi connectivity index (χ1) is 6.57. The molecule has 1 aromatic carbocycles. The molecule has 0 aliphatic heterocycles. The van der Waals surface area contributed by atoms with Crippen LogP contribution in [0.15, 0.2) is 28.7 Å². The Morgan fingerprint density at radius 2 is 2.07 bits per heavy atom. The van der Waals surface area contributed by atoms with E-state index in [9.17, 15) is 0 Å². The van der Waals surface area contributed by atoms with Gasteiger partial charge in [0.05, 0.1) is 5.02 Å². The molecule has 0 radical (unpaired) electrons. The van der Waals surface area contributed by atoms with Gasteiger partial charge in [0, 0.05) is 11.0 Å². The number of hydrogen-bond acceptors (Lipinski definition) is 1. The maximum Gasteiger partial charge on any atom is 0.185 e. The summed E-state index contributed by atoms with van der Waals surface area (Å²) in [5.41, 5.74) is 4.88. The second kappa shape index (κ2) is 10.1. The lowest BCUT2D eigenvalue weighted by molar-refractivity contribution is 0.945. The highest BCUT2D eigenvalue weighted by molar-refractivity contribution is 9.10. The first-order valence-electron chi connectivity index (χ1n) is 4.05. The lowest BCUT2D eigenvalue weighted by Gasteiger charge is -1.92. The molecular weight excluding hydrogens is 301 g/mol. The van der Waals surface area contributed by atoms with Crippen LogP contribution in [0.2, 0.25) is 5.02 Å². The van der Waals surface area contributed by atoms with Gasteiger partial charge in [-0.05, 0) is 35.0 Å². The van der Waals surface area contributed by atoms with Crippen LogP contribution < -0.4 is 11.1 Å². The summed E-state index contributed by atoms with van der Waals surface area (Å²) >= 11 is 8.93. The third-order valence-corrected chi connectivity index (χ3v) is 2.44. The smallest absolute Gasteiger partial charge is 0.185 e. The number of benzene rings is 1. The Kier molecular flexibility index (Phi) is 11.4. The van der Waals surface area contributed by atoms with Gasteiger partial charge in [0.1, 0.15) is 0 Å². The quantitative estimate of drug-likeness (QED) is 0.551. The van der Waals surface area contributed by atoms with Gasteiger partial charge < -0.3 is 11.1 Å². The maximum atomic E-state index is 6.56. The monoisotopic (exact) mass is 313 g/mol. The Balaban J connectivity index is 0. The van der Waals surface area contributed by atoms with Gasteiger partial charge in [0.15, 0.2) is 5.96 Å². The molecule has 0 amide bonds. The SMILES string of the molecule is CCNC(=N)N.Cl.Clc1ccccc1Br. The highest BCUT2D eigenvalue weighted by Gasteiger charge is 1.88. The van der Waals surface area contributed by atoms with Crippen molar-refractivity contribution in [1.82, 2.24) is 5.32 Å². The van der Waals surface area contributed by atoms with Crippen molar-refractivity contribution < 1.29 is 0 Å². The zero-order chi connectivity index (χ0) is 11.0. The van der Waals surface area contributed by atoms with E-state index in [4.69, 9.17) is 22.7 Å². The van der Waals surface area contributed by atoms with Crippen molar-refractivity contribution >= 4 is 45.9 Å². The summed E-state index contributed by atoms with van der Waals surface area (Å²) in [4.78, 5) is 0. The zero-order valence-corrected chi connectivity index (χ0v) is 11.4. The summed E-state index contributed by atoms with van der Waals surface area (Å²) < 4.78 is 0.946. The zero-order valence-electron chi connectivity index (χ0n) is 8.26. The van der Waals surface area contributed by atoms with E-state index in [-0.39, 0.29) is 18.4 Å². The van der Waals surface area contributed by atoms with Gasteiger partial charge in [-0.15, -0.1) is 12.4 Å². The number of rotatable bonds is 1. The van der Waals surface area contributed by atoms with Crippen molar-refractivity contribution in [3.8, 4) is 0 Å². The molecule has 4 N–H and O–H groups in total. The molecule has 0 aliphatic carbocycles. The van der Waals surface area contributed by atoms with Crippen LogP contribution >= 0.6 is 39.9 Å². The average molecular weight is 315 g/mol. The molecule has 0 aromatic heterocycles. The minimum absolute atomic E-state index is 0. The predicted molar refractivity (Wildman–Crippen MR) is 72.0 cm³/mol. The highest BCUT2D eigenvalue weighted by Crippen LogP contribution is 2.20. The van der Waals surface area contributed by atoms with Crippen molar-refractivity contribution in [3.63, 3.8) is 0 Å². The van der Waals surface area contributed by atoms with Crippen molar-refractivity contribution in [3.05, 3.63) is 33.8 Å². The first-order valence-corrected chi connectivity index (χ1v) is 5.23. The third-order valence-electron chi connectivity index (χ3n) is 1.19. The molecule has 0 unspecified atom stereocenters. The molecule has 0 fully saturated rings. The molecule has 0 bridgehead atoms. The van der Waals surface area contributed by atoms with Crippen LogP contribution in [0.4, 0.5) is 0 Å². The van der Waals surface area contributed by atoms with E-state index in [2.05, 4.69) is 21.2 Å². The summed E-state index contributed by atoms with van der Waals surface area (Å²) in [5, 5.41) is 9.89.